The van der Waals surface area contributed by atoms with Gasteiger partial charge in [0.05, 0.1) is 39.0 Å². The summed E-state index contributed by atoms with van der Waals surface area (Å²) in [5.74, 6) is 0.684. The molecule has 0 saturated carbocycles. The number of amides is 2. The Bertz CT molecular complexity index is 1380. The van der Waals surface area contributed by atoms with Crippen molar-refractivity contribution >= 4 is 40.4 Å². The third-order valence-corrected chi connectivity index (χ3v) is 7.35. The van der Waals surface area contributed by atoms with Gasteiger partial charge in [0, 0.05) is 43.4 Å². The molecule has 2 aliphatic heterocycles. The van der Waals surface area contributed by atoms with E-state index in [2.05, 4.69) is 5.32 Å². The van der Waals surface area contributed by atoms with Gasteiger partial charge in [0.15, 0.2) is 23.9 Å². The Morgan fingerprint density at radius 3 is 2.35 bits per heavy atom. The highest BCUT2D eigenvalue weighted by Crippen LogP contribution is 2.40. The zero-order valence-corrected chi connectivity index (χ0v) is 27.3. The lowest BCUT2D eigenvalue weighted by Gasteiger charge is -2.28. The lowest BCUT2D eigenvalue weighted by Crippen LogP contribution is -2.43. The number of nitrogens with zero attached hydrogens (tertiary/aromatic N) is 2. The van der Waals surface area contributed by atoms with Crippen LogP contribution >= 0.6 is 17.0 Å². The topological polar surface area (TPSA) is 130 Å². The molecule has 43 heavy (non-hydrogen) atoms. The molecule has 0 radical (unpaired) electrons. The number of carbonyl (C=O) groups is 3. The van der Waals surface area contributed by atoms with E-state index in [1.54, 1.807) is 41.1 Å². The number of fused-ring (bicyclic) bond motifs is 1. The number of hydrogen-bond acceptors (Lipinski definition) is 8. The Hall–Kier alpha value is -3.64. The van der Waals surface area contributed by atoms with Crippen LogP contribution in [0, 0.1) is 5.41 Å². The van der Waals surface area contributed by atoms with E-state index in [1.165, 1.54) is 7.11 Å². The number of morpholine rings is 1. The second-order valence-corrected chi connectivity index (χ2v) is 11.2. The number of Topliss-reactive ketones (excluding diaryl/α,β-unsaturated/α-hetero) is 1. The Morgan fingerprint density at radius 2 is 1.74 bits per heavy atom. The molecule has 0 atom stereocenters. The Balaban J connectivity index is 0.00000506. The Morgan fingerprint density at radius 1 is 1.05 bits per heavy atom. The molecule has 0 spiro atoms. The molecular formula is C31H41BrN4O7. The molecule has 12 heteroatoms. The van der Waals surface area contributed by atoms with Crippen LogP contribution in [-0.2, 0) is 21.5 Å². The molecule has 4 rings (SSSR count). The minimum absolute atomic E-state index is 0. The van der Waals surface area contributed by atoms with Crippen molar-refractivity contribution in [3.05, 3.63) is 52.1 Å². The first-order valence-electron chi connectivity index (χ1n) is 14.1. The lowest BCUT2D eigenvalue weighted by atomic mass is 9.84. The summed E-state index contributed by atoms with van der Waals surface area (Å²) in [6, 6.07) is 6.81. The largest absolute Gasteiger partial charge is 0.493 e. The van der Waals surface area contributed by atoms with E-state index in [1.807, 2.05) is 27.7 Å². The number of amidine groups is 1. The first-order chi connectivity index (χ1) is 20.0. The molecule has 2 aromatic carbocycles. The van der Waals surface area contributed by atoms with Crippen LogP contribution < -0.4 is 19.5 Å². The maximum atomic E-state index is 13.7. The van der Waals surface area contributed by atoms with Gasteiger partial charge in [-0.3, -0.25) is 19.8 Å². The second kappa shape index (κ2) is 14.2. The lowest BCUT2D eigenvalue weighted by molar-refractivity contribution is -0.137. The van der Waals surface area contributed by atoms with Gasteiger partial charge in [-0.1, -0.05) is 20.8 Å². The Kier molecular flexibility index (Phi) is 11.2. The molecule has 2 amide bonds. The minimum atomic E-state index is -0.392. The highest BCUT2D eigenvalue weighted by molar-refractivity contribution is 8.93. The van der Waals surface area contributed by atoms with Crippen LogP contribution in [0.4, 0.5) is 0 Å². The number of ketones is 1. The van der Waals surface area contributed by atoms with Gasteiger partial charge in [0.2, 0.25) is 0 Å². The standard InChI is InChI=1S/C31H40N4O7.BrH/c1-7-41-25-14-20-16-35(29(32)21(20)15-22(25)30(38)33-5)17-24(36)19-12-23(31(2,3)4)28(39-6)26(13-19)42-18-27(37)34-8-10-40-11-9-34;/h12-15,32H,7-11,16-18H2,1-6H3,(H,33,38);1H. The summed E-state index contributed by atoms with van der Waals surface area (Å²) in [5, 5.41) is 11.4. The zero-order chi connectivity index (χ0) is 30.6. The molecule has 11 nitrogen and oxygen atoms in total. The van der Waals surface area contributed by atoms with Gasteiger partial charge in [-0.15, -0.1) is 17.0 Å². The van der Waals surface area contributed by atoms with Crippen molar-refractivity contribution in [3.63, 3.8) is 0 Å². The number of hydrogen-bond donors (Lipinski definition) is 2. The van der Waals surface area contributed by atoms with Crippen molar-refractivity contribution in [1.29, 1.82) is 5.41 Å². The molecule has 234 valence electrons. The molecule has 1 fully saturated rings. The molecule has 2 aliphatic rings. The van der Waals surface area contributed by atoms with Gasteiger partial charge < -0.3 is 34.1 Å². The number of rotatable bonds is 10. The van der Waals surface area contributed by atoms with Gasteiger partial charge in [-0.25, -0.2) is 0 Å². The first-order valence-corrected chi connectivity index (χ1v) is 14.1. The van der Waals surface area contributed by atoms with E-state index in [-0.39, 0.29) is 53.6 Å². The monoisotopic (exact) mass is 660 g/mol. The summed E-state index contributed by atoms with van der Waals surface area (Å²) in [4.78, 5) is 42.3. The molecule has 0 aliphatic carbocycles. The fourth-order valence-corrected chi connectivity index (χ4v) is 5.10. The number of methoxy groups -OCH3 is 1. The average Bonchev–Trinajstić information content (AvgIpc) is 3.27. The molecular weight excluding hydrogens is 620 g/mol. The van der Waals surface area contributed by atoms with Crippen molar-refractivity contribution in [1.82, 2.24) is 15.1 Å². The van der Waals surface area contributed by atoms with Crippen molar-refractivity contribution in [2.24, 2.45) is 0 Å². The summed E-state index contributed by atoms with van der Waals surface area (Å²) < 4.78 is 22.7. The third kappa shape index (κ3) is 7.48. The van der Waals surface area contributed by atoms with Crippen LogP contribution in [0.2, 0.25) is 0 Å². The molecule has 0 unspecified atom stereocenters. The van der Waals surface area contributed by atoms with E-state index in [0.717, 1.165) is 11.1 Å². The minimum Gasteiger partial charge on any atom is -0.493 e. The Labute approximate surface area is 263 Å². The summed E-state index contributed by atoms with van der Waals surface area (Å²) in [7, 11) is 3.08. The van der Waals surface area contributed by atoms with Gasteiger partial charge in [-0.05, 0) is 42.2 Å². The summed E-state index contributed by atoms with van der Waals surface area (Å²) >= 11 is 0. The number of carbonyl (C=O) groups excluding carboxylic acids is 3. The number of halogens is 1. The smallest absolute Gasteiger partial charge is 0.260 e. The fourth-order valence-electron chi connectivity index (χ4n) is 5.10. The van der Waals surface area contributed by atoms with Gasteiger partial charge in [-0.2, -0.15) is 0 Å². The van der Waals surface area contributed by atoms with E-state index in [9.17, 15) is 14.4 Å². The van der Waals surface area contributed by atoms with Crippen molar-refractivity contribution in [2.45, 2.75) is 39.7 Å². The van der Waals surface area contributed by atoms with Crippen molar-refractivity contribution < 1.29 is 33.3 Å². The predicted molar refractivity (Wildman–Crippen MR) is 167 cm³/mol. The van der Waals surface area contributed by atoms with E-state index in [0.29, 0.717) is 73.4 Å². The van der Waals surface area contributed by atoms with Crippen LogP contribution in [0.5, 0.6) is 17.2 Å². The third-order valence-electron chi connectivity index (χ3n) is 7.35. The highest BCUT2D eigenvalue weighted by atomic mass is 79.9. The molecule has 1 saturated heterocycles. The van der Waals surface area contributed by atoms with Gasteiger partial charge in [0.25, 0.3) is 11.8 Å². The molecule has 2 aromatic rings. The van der Waals surface area contributed by atoms with Crippen LogP contribution in [-0.4, -0.2) is 93.5 Å². The normalized spacial score (nSPS) is 14.5. The van der Waals surface area contributed by atoms with Crippen molar-refractivity contribution in [2.75, 3.05) is 60.2 Å². The molecule has 2 heterocycles. The number of benzene rings is 2. The molecule has 0 aromatic heterocycles. The van der Waals surface area contributed by atoms with Crippen LogP contribution in [0.15, 0.2) is 24.3 Å². The van der Waals surface area contributed by atoms with E-state index < -0.39 is 5.41 Å². The van der Waals surface area contributed by atoms with Gasteiger partial charge in [0.1, 0.15) is 11.6 Å². The first kappa shape index (κ1) is 33.9. The zero-order valence-electron chi connectivity index (χ0n) is 25.6. The van der Waals surface area contributed by atoms with E-state index in [4.69, 9.17) is 24.4 Å². The summed E-state index contributed by atoms with van der Waals surface area (Å²) in [6.07, 6.45) is 0. The van der Waals surface area contributed by atoms with Crippen LogP contribution in [0.1, 0.15) is 65.1 Å². The second-order valence-electron chi connectivity index (χ2n) is 11.2. The maximum absolute atomic E-state index is 13.7. The van der Waals surface area contributed by atoms with Crippen LogP contribution in [0.3, 0.4) is 0 Å². The molecule has 0 bridgehead atoms. The number of nitrogens with one attached hydrogen (secondary N) is 2. The predicted octanol–water partition coefficient (Wildman–Crippen LogP) is 3.59. The quantitative estimate of drug-likeness (QED) is 0.370. The maximum Gasteiger partial charge on any atom is 0.260 e. The van der Waals surface area contributed by atoms with Crippen LogP contribution in [0.25, 0.3) is 0 Å². The average molecular weight is 662 g/mol. The SMILES string of the molecule is Br.CCOc1cc2c(cc1C(=O)NC)C(=N)N(CC(=O)c1cc(OCC(=O)N3CCOCC3)c(OC)c(C(C)(C)C)c1)C2. The number of ether oxygens (including phenoxy) is 4. The van der Waals surface area contributed by atoms with Crippen molar-refractivity contribution in [3.8, 4) is 17.2 Å². The fraction of sp³-hybridized carbons (Fsp3) is 0.484. The highest BCUT2D eigenvalue weighted by Gasteiger charge is 2.31. The summed E-state index contributed by atoms with van der Waals surface area (Å²) in [6.45, 7) is 10.3. The van der Waals surface area contributed by atoms with Gasteiger partial charge >= 0.3 is 0 Å². The van der Waals surface area contributed by atoms with E-state index >= 15 is 0 Å². The molecule has 2 N–H and O–H groups in total. The summed E-state index contributed by atoms with van der Waals surface area (Å²) in [5.41, 5.74) is 2.49.